The fraction of sp³-hybridized carbons (Fsp3) is 0. The molecule has 12 rings (SSSR count). The molecule has 2 nitrogen and oxygen atoms in total. The van der Waals surface area contributed by atoms with Crippen LogP contribution in [0.15, 0.2) is 243 Å². The summed E-state index contributed by atoms with van der Waals surface area (Å²) in [6, 6.07) is 88.4. The lowest BCUT2D eigenvalue weighted by Gasteiger charge is -2.16. The molecule has 0 spiro atoms. The van der Waals surface area contributed by atoms with Crippen LogP contribution in [0.4, 0.5) is 0 Å². The number of para-hydroxylation sites is 4. The van der Waals surface area contributed by atoms with E-state index >= 15 is 0 Å². The molecule has 2 heteroatoms. The molecule has 62 heavy (non-hydrogen) atoms. The van der Waals surface area contributed by atoms with E-state index in [1.807, 2.05) is 0 Å². The van der Waals surface area contributed by atoms with Gasteiger partial charge in [0.2, 0.25) is 0 Å². The van der Waals surface area contributed by atoms with Crippen molar-refractivity contribution in [1.82, 2.24) is 9.13 Å². The lowest BCUT2D eigenvalue weighted by Crippen LogP contribution is -1.93. The predicted molar refractivity (Wildman–Crippen MR) is 262 cm³/mol. The molecule has 2 aromatic heterocycles. The standard InChI is InChI=1S/C60H40N2/c1-3-21-47(22-4-1)61-57-31-13-11-29-53(57)55-39-43(33-35-59(55)61)41-17-15-19-45(37-41)49-25-7-9-27-51(49)52-28-10-8-26-50(52)46-20-16-18-42(38-46)44-34-36-60-56(40-44)54-30-12-14-32-58(54)62(60)48-23-5-2-6-24-48/h1-40H. The minimum Gasteiger partial charge on any atom is -0.309 e. The zero-order chi connectivity index (χ0) is 41.0. The van der Waals surface area contributed by atoms with Crippen LogP contribution in [0.2, 0.25) is 0 Å². The van der Waals surface area contributed by atoms with Crippen molar-refractivity contribution in [3.63, 3.8) is 0 Å². The first-order valence-electron chi connectivity index (χ1n) is 21.3. The maximum atomic E-state index is 2.37. The summed E-state index contributed by atoms with van der Waals surface area (Å²) in [5.41, 5.74) is 19.2. The van der Waals surface area contributed by atoms with Crippen molar-refractivity contribution < 1.29 is 0 Å². The van der Waals surface area contributed by atoms with Crippen molar-refractivity contribution in [2.45, 2.75) is 0 Å². The van der Waals surface area contributed by atoms with Crippen LogP contribution in [0.25, 0.3) is 111 Å². The Bertz CT molecular complexity index is 3380. The molecule has 0 atom stereocenters. The Balaban J connectivity index is 0.927. The van der Waals surface area contributed by atoms with Gasteiger partial charge in [-0.25, -0.2) is 0 Å². The molecule has 12 aromatic rings. The third kappa shape index (κ3) is 5.96. The van der Waals surface area contributed by atoms with Crippen LogP contribution in [0, 0.1) is 0 Å². The average molecular weight is 789 g/mol. The molecule has 0 aliphatic carbocycles. The fourth-order valence-electron chi connectivity index (χ4n) is 9.69. The highest BCUT2D eigenvalue weighted by molar-refractivity contribution is 6.12. The molecule has 0 fully saturated rings. The molecule has 10 aromatic carbocycles. The van der Waals surface area contributed by atoms with E-state index in [1.54, 1.807) is 0 Å². The molecule has 0 saturated heterocycles. The molecule has 0 unspecified atom stereocenters. The predicted octanol–water partition coefficient (Wildman–Crippen LogP) is 16.2. The maximum Gasteiger partial charge on any atom is 0.0541 e. The van der Waals surface area contributed by atoms with E-state index in [2.05, 4.69) is 252 Å². The summed E-state index contributed by atoms with van der Waals surface area (Å²) >= 11 is 0. The molecule has 0 N–H and O–H groups in total. The zero-order valence-electron chi connectivity index (χ0n) is 34.0. The smallest absolute Gasteiger partial charge is 0.0541 e. The number of fused-ring (bicyclic) bond motifs is 6. The van der Waals surface area contributed by atoms with Gasteiger partial charge in [-0.3, -0.25) is 0 Å². The molecule has 2 heterocycles. The fourth-order valence-corrected chi connectivity index (χ4v) is 9.69. The summed E-state index contributed by atoms with van der Waals surface area (Å²) in [4.78, 5) is 0. The van der Waals surface area contributed by atoms with E-state index in [0.717, 1.165) is 0 Å². The Morgan fingerprint density at radius 2 is 0.532 bits per heavy atom. The number of hydrogen-bond donors (Lipinski definition) is 0. The van der Waals surface area contributed by atoms with Crippen molar-refractivity contribution in [2.24, 2.45) is 0 Å². The SMILES string of the molecule is c1ccc(-n2c3ccccc3c3cc(-c4cccc(-c5ccccc5-c5ccccc5-c5cccc(-c6ccc7c(c6)c6ccccc6n7-c6ccccc6)c5)c4)ccc32)cc1. The second-order valence-corrected chi connectivity index (χ2v) is 16.1. The topological polar surface area (TPSA) is 9.86 Å². The highest BCUT2D eigenvalue weighted by Crippen LogP contribution is 2.42. The van der Waals surface area contributed by atoms with Crippen molar-refractivity contribution in [3.8, 4) is 67.0 Å². The number of nitrogens with zero attached hydrogens (tertiary/aromatic N) is 2. The second-order valence-electron chi connectivity index (χ2n) is 16.1. The molecular formula is C60H40N2. The van der Waals surface area contributed by atoms with E-state index in [-0.39, 0.29) is 0 Å². The lowest BCUT2D eigenvalue weighted by molar-refractivity contribution is 1.18. The van der Waals surface area contributed by atoms with Gasteiger partial charge < -0.3 is 9.13 Å². The number of rotatable bonds is 7. The first-order chi connectivity index (χ1) is 30.8. The molecule has 0 bridgehead atoms. The van der Waals surface area contributed by atoms with Gasteiger partial charge in [0, 0.05) is 32.9 Å². The monoisotopic (exact) mass is 788 g/mol. The Labute approximate surface area is 360 Å². The zero-order valence-corrected chi connectivity index (χ0v) is 34.0. The summed E-state index contributed by atoms with van der Waals surface area (Å²) in [7, 11) is 0. The second kappa shape index (κ2) is 14.8. The van der Waals surface area contributed by atoms with E-state index in [9.17, 15) is 0 Å². The lowest BCUT2D eigenvalue weighted by atomic mass is 9.88. The van der Waals surface area contributed by atoms with E-state index in [1.165, 1.54) is 111 Å². The minimum atomic E-state index is 1.17. The average Bonchev–Trinajstić information content (AvgIpc) is 3.87. The number of benzene rings is 10. The van der Waals surface area contributed by atoms with Crippen LogP contribution in [0.3, 0.4) is 0 Å². The summed E-state index contributed by atoms with van der Waals surface area (Å²) in [6.07, 6.45) is 0. The highest BCUT2D eigenvalue weighted by Gasteiger charge is 2.17. The Hall–Kier alpha value is -8.20. The first kappa shape index (κ1) is 35.7. The van der Waals surface area contributed by atoms with Gasteiger partial charge in [0.25, 0.3) is 0 Å². The van der Waals surface area contributed by atoms with Crippen LogP contribution in [0.5, 0.6) is 0 Å². The van der Waals surface area contributed by atoms with Gasteiger partial charge in [0.1, 0.15) is 0 Å². The molecular weight excluding hydrogens is 749 g/mol. The normalized spacial score (nSPS) is 11.5. The van der Waals surface area contributed by atoms with Gasteiger partial charge in [-0.15, -0.1) is 0 Å². The molecule has 0 saturated carbocycles. The molecule has 0 aliphatic rings. The van der Waals surface area contributed by atoms with Gasteiger partial charge in [0.05, 0.1) is 22.1 Å². The van der Waals surface area contributed by atoms with Crippen LogP contribution in [0.1, 0.15) is 0 Å². The quantitative estimate of drug-likeness (QED) is 0.152. The van der Waals surface area contributed by atoms with Crippen LogP contribution in [-0.2, 0) is 0 Å². The van der Waals surface area contributed by atoms with Gasteiger partial charge in [-0.1, -0.05) is 170 Å². The van der Waals surface area contributed by atoms with Crippen LogP contribution in [-0.4, -0.2) is 9.13 Å². The van der Waals surface area contributed by atoms with Gasteiger partial charge in [0.15, 0.2) is 0 Å². The molecule has 0 aliphatic heterocycles. The number of hydrogen-bond acceptors (Lipinski definition) is 0. The third-order valence-electron chi connectivity index (χ3n) is 12.5. The highest BCUT2D eigenvalue weighted by atomic mass is 15.0. The Morgan fingerprint density at radius 3 is 0.984 bits per heavy atom. The van der Waals surface area contributed by atoms with Crippen molar-refractivity contribution in [2.75, 3.05) is 0 Å². The van der Waals surface area contributed by atoms with Crippen molar-refractivity contribution in [1.29, 1.82) is 0 Å². The summed E-state index contributed by atoms with van der Waals surface area (Å²) in [5, 5.41) is 5.02. The minimum absolute atomic E-state index is 1.17. The maximum absolute atomic E-state index is 2.37. The van der Waals surface area contributed by atoms with Crippen molar-refractivity contribution in [3.05, 3.63) is 243 Å². The third-order valence-corrected chi connectivity index (χ3v) is 12.5. The summed E-state index contributed by atoms with van der Waals surface area (Å²) in [5.74, 6) is 0. The largest absolute Gasteiger partial charge is 0.309 e. The van der Waals surface area contributed by atoms with Gasteiger partial charge in [-0.05, 0) is 128 Å². The van der Waals surface area contributed by atoms with E-state index in [4.69, 9.17) is 0 Å². The Kier molecular flexibility index (Phi) is 8.53. The summed E-state index contributed by atoms with van der Waals surface area (Å²) in [6.45, 7) is 0. The first-order valence-corrected chi connectivity index (χ1v) is 21.3. The van der Waals surface area contributed by atoms with E-state index in [0.29, 0.717) is 0 Å². The molecule has 290 valence electrons. The molecule has 0 amide bonds. The molecule has 0 radical (unpaired) electrons. The number of aromatic nitrogens is 2. The Morgan fingerprint density at radius 1 is 0.194 bits per heavy atom. The van der Waals surface area contributed by atoms with Crippen LogP contribution < -0.4 is 0 Å². The summed E-state index contributed by atoms with van der Waals surface area (Å²) < 4.78 is 4.75. The van der Waals surface area contributed by atoms with Gasteiger partial charge >= 0.3 is 0 Å². The van der Waals surface area contributed by atoms with Crippen LogP contribution >= 0.6 is 0 Å². The van der Waals surface area contributed by atoms with Crippen molar-refractivity contribution >= 4 is 43.6 Å². The van der Waals surface area contributed by atoms with E-state index < -0.39 is 0 Å². The van der Waals surface area contributed by atoms with Gasteiger partial charge in [-0.2, -0.15) is 0 Å².